The first-order valence-electron chi connectivity index (χ1n) is 6.21. The fraction of sp³-hybridized carbons (Fsp3) is 0.500. The number of rotatable bonds is 4. The summed E-state index contributed by atoms with van der Waals surface area (Å²) in [6, 6.07) is 9.85. The van der Waals surface area contributed by atoms with E-state index in [0.717, 1.165) is 37.5 Å². The minimum atomic E-state index is -0.166. The lowest BCUT2D eigenvalue weighted by atomic mass is 9.92. The molecule has 96 valence electrons. The van der Waals surface area contributed by atoms with Crippen LogP contribution in [0.3, 0.4) is 0 Å². The highest BCUT2D eigenvalue weighted by Gasteiger charge is 2.23. The highest BCUT2D eigenvalue weighted by molar-refractivity contribution is 5.49. The van der Waals surface area contributed by atoms with Crippen molar-refractivity contribution < 1.29 is 9.47 Å². The Bertz CT molecular complexity index is 422. The molecule has 4 heteroatoms. The number of hydrogen-bond donors (Lipinski definition) is 1. The maximum atomic E-state index is 9.28. The van der Waals surface area contributed by atoms with Crippen molar-refractivity contribution in [3.05, 3.63) is 24.3 Å². The van der Waals surface area contributed by atoms with Crippen LogP contribution in [0.15, 0.2) is 24.3 Å². The van der Waals surface area contributed by atoms with Gasteiger partial charge in [-0.1, -0.05) is 6.07 Å². The number of hydrogen-bond acceptors (Lipinski definition) is 4. The van der Waals surface area contributed by atoms with Gasteiger partial charge in [0, 0.05) is 25.0 Å². The van der Waals surface area contributed by atoms with Crippen molar-refractivity contribution in [2.24, 2.45) is 5.92 Å². The molecular weight excluding hydrogens is 228 g/mol. The van der Waals surface area contributed by atoms with Gasteiger partial charge in [0.15, 0.2) is 0 Å². The number of nitrogens with one attached hydrogen (secondary N) is 1. The van der Waals surface area contributed by atoms with Gasteiger partial charge in [-0.2, -0.15) is 5.26 Å². The maximum Gasteiger partial charge on any atom is 0.120 e. The summed E-state index contributed by atoms with van der Waals surface area (Å²) in [5, 5.41) is 12.6. The Labute approximate surface area is 108 Å². The lowest BCUT2D eigenvalue weighted by Gasteiger charge is -2.27. The molecule has 1 N–H and O–H groups in total. The van der Waals surface area contributed by atoms with Crippen molar-refractivity contribution in [3.8, 4) is 11.8 Å². The summed E-state index contributed by atoms with van der Waals surface area (Å²) >= 11 is 0. The number of ether oxygens (including phenoxy) is 2. The second-order valence-electron chi connectivity index (χ2n) is 4.43. The van der Waals surface area contributed by atoms with Crippen molar-refractivity contribution >= 4 is 5.69 Å². The van der Waals surface area contributed by atoms with Crippen LogP contribution in [0.5, 0.6) is 5.75 Å². The van der Waals surface area contributed by atoms with Gasteiger partial charge in [0.1, 0.15) is 11.8 Å². The molecule has 4 nitrogen and oxygen atoms in total. The molecule has 0 saturated carbocycles. The molecule has 1 heterocycles. The molecule has 0 radical (unpaired) electrons. The summed E-state index contributed by atoms with van der Waals surface area (Å²) in [5.74, 6) is 1.15. The molecule has 1 fully saturated rings. The van der Waals surface area contributed by atoms with E-state index in [0.29, 0.717) is 5.92 Å². The van der Waals surface area contributed by atoms with Crippen LogP contribution in [0, 0.1) is 17.2 Å². The average molecular weight is 246 g/mol. The topological polar surface area (TPSA) is 54.3 Å². The van der Waals surface area contributed by atoms with Gasteiger partial charge in [0.25, 0.3) is 0 Å². The van der Waals surface area contributed by atoms with E-state index in [4.69, 9.17) is 9.47 Å². The molecule has 1 saturated heterocycles. The van der Waals surface area contributed by atoms with Gasteiger partial charge < -0.3 is 14.8 Å². The Balaban J connectivity index is 2.02. The summed E-state index contributed by atoms with van der Waals surface area (Å²) in [7, 11) is 1.64. The van der Waals surface area contributed by atoms with E-state index >= 15 is 0 Å². The fourth-order valence-corrected chi connectivity index (χ4v) is 2.20. The maximum absolute atomic E-state index is 9.28. The van der Waals surface area contributed by atoms with Crippen LogP contribution >= 0.6 is 0 Å². The molecular formula is C14H18N2O2. The lowest BCUT2D eigenvalue weighted by Crippen LogP contribution is -2.32. The number of nitriles is 1. The third-order valence-electron chi connectivity index (χ3n) is 3.27. The first kappa shape index (κ1) is 12.7. The minimum Gasteiger partial charge on any atom is -0.497 e. The Hall–Kier alpha value is -1.73. The summed E-state index contributed by atoms with van der Waals surface area (Å²) in [6.07, 6.45) is 1.88. The predicted octanol–water partition coefficient (Wildman–Crippen LogP) is 2.43. The number of methoxy groups -OCH3 is 1. The monoisotopic (exact) mass is 246 g/mol. The van der Waals surface area contributed by atoms with Crippen LogP contribution in [-0.4, -0.2) is 26.4 Å². The van der Waals surface area contributed by atoms with E-state index in [-0.39, 0.29) is 6.04 Å². The first-order chi connectivity index (χ1) is 8.83. The summed E-state index contributed by atoms with van der Waals surface area (Å²) in [6.45, 7) is 1.51. The van der Waals surface area contributed by atoms with E-state index in [2.05, 4.69) is 11.4 Å². The zero-order valence-corrected chi connectivity index (χ0v) is 10.6. The standard InChI is InChI=1S/C14H18N2O2/c1-17-13-4-2-3-12(9-13)16-14(10-15)11-5-7-18-8-6-11/h2-4,9,11,14,16H,5-8H2,1H3. The van der Waals surface area contributed by atoms with Gasteiger partial charge in [-0.3, -0.25) is 0 Å². The molecule has 2 rings (SSSR count). The molecule has 1 aliphatic heterocycles. The second-order valence-corrected chi connectivity index (χ2v) is 4.43. The van der Waals surface area contributed by atoms with Gasteiger partial charge in [0.2, 0.25) is 0 Å². The largest absolute Gasteiger partial charge is 0.497 e. The van der Waals surface area contributed by atoms with E-state index in [1.54, 1.807) is 7.11 Å². The molecule has 1 aromatic rings. The van der Waals surface area contributed by atoms with Crippen LogP contribution < -0.4 is 10.1 Å². The van der Waals surface area contributed by atoms with Crippen molar-refractivity contribution in [3.63, 3.8) is 0 Å². The van der Waals surface area contributed by atoms with Crippen molar-refractivity contribution in [2.75, 3.05) is 25.6 Å². The van der Waals surface area contributed by atoms with Gasteiger partial charge in [-0.05, 0) is 30.9 Å². The third-order valence-corrected chi connectivity index (χ3v) is 3.27. The van der Waals surface area contributed by atoms with Gasteiger partial charge in [0.05, 0.1) is 13.2 Å². The number of nitrogens with zero attached hydrogens (tertiary/aromatic N) is 1. The van der Waals surface area contributed by atoms with Crippen LogP contribution in [-0.2, 0) is 4.74 Å². The molecule has 18 heavy (non-hydrogen) atoms. The third kappa shape index (κ3) is 3.14. The van der Waals surface area contributed by atoms with Crippen molar-refractivity contribution in [1.82, 2.24) is 0 Å². The SMILES string of the molecule is COc1cccc(NC(C#N)C2CCOCC2)c1. The Morgan fingerprint density at radius 1 is 1.44 bits per heavy atom. The lowest BCUT2D eigenvalue weighted by molar-refractivity contribution is 0.0651. The Morgan fingerprint density at radius 2 is 2.22 bits per heavy atom. The Morgan fingerprint density at radius 3 is 2.89 bits per heavy atom. The predicted molar refractivity (Wildman–Crippen MR) is 69.6 cm³/mol. The van der Waals surface area contributed by atoms with Crippen LogP contribution in [0.1, 0.15) is 12.8 Å². The second kappa shape index (κ2) is 6.27. The van der Waals surface area contributed by atoms with E-state index < -0.39 is 0 Å². The van der Waals surface area contributed by atoms with E-state index in [1.165, 1.54) is 0 Å². The van der Waals surface area contributed by atoms with Crippen molar-refractivity contribution in [2.45, 2.75) is 18.9 Å². The highest BCUT2D eigenvalue weighted by Crippen LogP contribution is 2.23. The fourth-order valence-electron chi connectivity index (χ4n) is 2.20. The molecule has 0 spiro atoms. The quantitative estimate of drug-likeness (QED) is 0.886. The van der Waals surface area contributed by atoms with Crippen molar-refractivity contribution in [1.29, 1.82) is 5.26 Å². The van der Waals surface area contributed by atoms with Crippen LogP contribution in [0.2, 0.25) is 0 Å². The zero-order valence-electron chi connectivity index (χ0n) is 10.6. The summed E-state index contributed by atoms with van der Waals surface area (Å²) < 4.78 is 10.5. The molecule has 0 aliphatic carbocycles. The molecule has 1 unspecified atom stereocenters. The molecule has 0 amide bonds. The van der Waals surface area contributed by atoms with Gasteiger partial charge >= 0.3 is 0 Å². The van der Waals surface area contributed by atoms with Crippen LogP contribution in [0.25, 0.3) is 0 Å². The smallest absolute Gasteiger partial charge is 0.120 e. The Kier molecular flexibility index (Phi) is 4.43. The first-order valence-corrected chi connectivity index (χ1v) is 6.21. The van der Waals surface area contributed by atoms with E-state index in [1.807, 2.05) is 24.3 Å². The number of anilines is 1. The van der Waals surface area contributed by atoms with Gasteiger partial charge in [-0.15, -0.1) is 0 Å². The summed E-state index contributed by atoms with van der Waals surface area (Å²) in [4.78, 5) is 0. The molecule has 0 bridgehead atoms. The van der Waals surface area contributed by atoms with E-state index in [9.17, 15) is 5.26 Å². The number of benzene rings is 1. The van der Waals surface area contributed by atoms with Gasteiger partial charge in [-0.25, -0.2) is 0 Å². The summed E-state index contributed by atoms with van der Waals surface area (Å²) in [5.41, 5.74) is 0.924. The highest BCUT2D eigenvalue weighted by atomic mass is 16.5. The van der Waals surface area contributed by atoms with Crippen LogP contribution in [0.4, 0.5) is 5.69 Å². The average Bonchev–Trinajstić information content (AvgIpc) is 2.46. The normalized spacial score (nSPS) is 17.8. The zero-order chi connectivity index (χ0) is 12.8. The minimum absolute atomic E-state index is 0.166. The molecule has 1 atom stereocenters. The molecule has 1 aromatic carbocycles. The molecule has 1 aliphatic rings. The molecule has 0 aromatic heterocycles.